The molecular formula is C22H16ClF3N3O3+. The fourth-order valence-corrected chi connectivity index (χ4v) is 3.39. The number of alkyl halides is 3. The van der Waals surface area contributed by atoms with Crippen molar-refractivity contribution in [3.8, 4) is 22.8 Å². The second-order valence-electron chi connectivity index (χ2n) is 6.94. The molecule has 3 heterocycles. The molecule has 0 aliphatic rings. The molecule has 0 spiro atoms. The minimum Gasteiger partial charge on any atom is -0.484 e. The zero-order valence-electron chi connectivity index (χ0n) is 16.4. The molecule has 0 aliphatic heterocycles. The van der Waals surface area contributed by atoms with E-state index < -0.39 is 18.3 Å². The summed E-state index contributed by atoms with van der Waals surface area (Å²) in [6.45, 7) is -1.30. The van der Waals surface area contributed by atoms with Crippen LogP contribution < -0.4 is 14.9 Å². The van der Waals surface area contributed by atoms with E-state index in [2.05, 4.69) is 4.98 Å². The number of aromatic hydroxyl groups is 1. The minimum absolute atomic E-state index is 0.0759. The average molecular weight is 463 g/mol. The Morgan fingerprint density at radius 1 is 1.12 bits per heavy atom. The molecule has 164 valence electrons. The highest BCUT2D eigenvalue weighted by molar-refractivity contribution is 6.29. The second kappa shape index (κ2) is 8.51. The third-order valence-electron chi connectivity index (χ3n) is 4.68. The first-order chi connectivity index (χ1) is 15.2. The van der Waals surface area contributed by atoms with E-state index in [0.717, 1.165) is 0 Å². The Balaban J connectivity index is 1.85. The maximum absolute atomic E-state index is 13.2. The standard InChI is InChI=1S/C22H15ClF3N3O3/c23-17-8-7-14(11-27-17)12-29-18-6-1-2-9-28(18)20(30)19(21(29)31)15-4-3-5-16(10-15)32-13-22(24,25)26/h1-11H,12-13H2/p+1. The Morgan fingerprint density at radius 3 is 2.66 bits per heavy atom. The number of fused-ring (bicyclic) bond motifs is 1. The molecule has 0 saturated carbocycles. The van der Waals surface area contributed by atoms with E-state index >= 15 is 0 Å². The predicted molar refractivity (Wildman–Crippen MR) is 111 cm³/mol. The maximum Gasteiger partial charge on any atom is 0.422 e. The van der Waals surface area contributed by atoms with Gasteiger partial charge in [0.15, 0.2) is 12.2 Å². The Bertz CT molecular complexity index is 1340. The molecule has 32 heavy (non-hydrogen) atoms. The molecular weight excluding hydrogens is 447 g/mol. The van der Waals surface area contributed by atoms with Gasteiger partial charge in [-0.25, -0.2) is 9.78 Å². The minimum atomic E-state index is -4.50. The van der Waals surface area contributed by atoms with Crippen molar-refractivity contribution >= 4 is 17.2 Å². The highest BCUT2D eigenvalue weighted by atomic mass is 35.5. The maximum atomic E-state index is 13.2. The van der Waals surface area contributed by atoms with Gasteiger partial charge in [-0.3, -0.25) is 0 Å². The van der Waals surface area contributed by atoms with Gasteiger partial charge in [-0.1, -0.05) is 35.9 Å². The molecule has 0 fully saturated rings. The van der Waals surface area contributed by atoms with Crippen LogP contribution in [-0.2, 0) is 6.54 Å². The Hall–Kier alpha value is -3.59. The van der Waals surface area contributed by atoms with E-state index in [-0.39, 0.29) is 29.3 Å². The van der Waals surface area contributed by atoms with Crippen molar-refractivity contribution in [3.05, 3.63) is 88.1 Å². The molecule has 4 rings (SSSR count). The van der Waals surface area contributed by atoms with Crippen LogP contribution in [0, 0.1) is 0 Å². The summed E-state index contributed by atoms with van der Waals surface area (Å²) in [6.07, 6.45) is -1.41. The lowest BCUT2D eigenvalue weighted by Gasteiger charge is -2.12. The largest absolute Gasteiger partial charge is 0.484 e. The summed E-state index contributed by atoms with van der Waals surface area (Å²) in [5.74, 6) is -0.422. The Morgan fingerprint density at radius 2 is 1.94 bits per heavy atom. The van der Waals surface area contributed by atoms with Gasteiger partial charge in [0.2, 0.25) is 0 Å². The van der Waals surface area contributed by atoms with Crippen molar-refractivity contribution < 1.29 is 27.6 Å². The molecule has 10 heteroatoms. The number of benzene rings is 1. The number of rotatable bonds is 5. The number of ether oxygens (including phenoxy) is 1. The molecule has 0 saturated heterocycles. The summed E-state index contributed by atoms with van der Waals surface area (Å²) in [6, 6.07) is 14.0. The molecule has 1 N–H and O–H groups in total. The zero-order chi connectivity index (χ0) is 22.9. The van der Waals surface area contributed by atoms with Crippen LogP contribution in [0.15, 0.2) is 71.8 Å². The van der Waals surface area contributed by atoms with Gasteiger partial charge in [0.1, 0.15) is 17.4 Å². The number of pyridine rings is 2. The van der Waals surface area contributed by atoms with E-state index in [1.165, 1.54) is 33.2 Å². The van der Waals surface area contributed by atoms with Gasteiger partial charge in [-0.15, -0.1) is 0 Å². The van der Waals surface area contributed by atoms with Crippen LogP contribution in [0.5, 0.6) is 11.6 Å². The van der Waals surface area contributed by atoms with E-state index in [9.17, 15) is 23.1 Å². The molecule has 6 nitrogen and oxygen atoms in total. The molecule has 0 radical (unpaired) electrons. The third kappa shape index (κ3) is 4.52. The number of hydrogen-bond donors (Lipinski definition) is 1. The highest BCUT2D eigenvalue weighted by Crippen LogP contribution is 2.28. The van der Waals surface area contributed by atoms with Gasteiger partial charge >= 0.3 is 11.7 Å². The second-order valence-corrected chi connectivity index (χ2v) is 7.33. The fourth-order valence-electron chi connectivity index (χ4n) is 3.28. The van der Waals surface area contributed by atoms with E-state index in [1.807, 2.05) is 0 Å². The smallest absolute Gasteiger partial charge is 0.422 e. The molecule has 1 aromatic carbocycles. The number of hydrogen-bond acceptors (Lipinski definition) is 4. The third-order valence-corrected chi connectivity index (χ3v) is 4.90. The molecule has 0 unspecified atom stereocenters. The monoisotopic (exact) mass is 462 g/mol. The Labute approximate surface area is 184 Å². The predicted octanol–water partition coefficient (Wildman–Crippen LogP) is 4.00. The van der Waals surface area contributed by atoms with Gasteiger partial charge in [0.05, 0.1) is 6.20 Å². The molecule has 0 aliphatic carbocycles. The lowest BCUT2D eigenvalue weighted by molar-refractivity contribution is -0.671. The van der Waals surface area contributed by atoms with Crippen molar-refractivity contribution in [2.75, 3.05) is 6.61 Å². The molecule has 0 atom stereocenters. The fraction of sp³-hybridized carbons (Fsp3) is 0.136. The van der Waals surface area contributed by atoms with Gasteiger partial charge in [0.25, 0.3) is 11.5 Å². The lowest BCUT2D eigenvalue weighted by Crippen LogP contribution is -2.41. The van der Waals surface area contributed by atoms with Crippen molar-refractivity contribution in [1.82, 2.24) is 9.38 Å². The van der Waals surface area contributed by atoms with Crippen LogP contribution in [0.3, 0.4) is 0 Å². The van der Waals surface area contributed by atoms with Crippen LogP contribution in [0.2, 0.25) is 5.15 Å². The summed E-state index contributed by atoms with van der Waals surface area (Å²) < 4.78 is 45.2. The van der Waals surface area contributed by atoms with Crippen molar-refractivity contribution in [2.24, 2.45) is 0 Å². The summed E-state index contributed by atoms with van der Waals surface area (Å²) in [5.41, 5.74) is 0.739. The van der Waals surface area contributed by atoms with E-state index in [1.54, 1.807) is 42.7 Å². The van der Waals surface area contributed by atoms with Gasteiger partial charge in [-0.2, -0.15) is 22.1 Å². The molecule has 3 aromatic heterocycles. The summed E-state index contributed by atoms with van der Waals surface area (Å²) in [4.78, 5) is 17.2. The van der Waals surface area contributed by atoms with Gasteiger partial charge < -0.3 is 9.84 Å². The van der Waals surface area contributed by atoms with Crippen LogP contribution >= 0.6 is 11.6 Å². The van der Waals surface area contributed by atoms with Crippen molar-refractivity contribution in [2.45, 2.75) is 12.7 Å². The van der Waals surface area contributed by atoms with E-state index in [4.69, 9.17) is 16.3 Å². The summed E-state index contributed by atoms with van der Waals surface area (Å²) >= 11 is 5.84. The van der Waals surface area contributed by atoms with Crippen LogP contribution in [0.1, 0.15) is 5.56 Å². The summed E-state index contributed by atoms with van der Waals surface area (Å²) in [7, 11) is 0. The van der Waals surface area contributed by atoms with Crippen molar-refractivity contribution in [3.63, 3.8) is 0 Å². The SMILES string of the molecule is O=c1c(-c2cccc(OCC(F)(F)F)c2)c(O)[n+](Cc2ccc(Cl)nc2)c2ccccn12. The lowest BCUT2D eigenvalue weighted by atomic mass is 10.1. The topological polar surface area (TPSA) is 67.7 Å². The first kappa shape index (κ1) is 21.6. The Kier molecular flexibility index (Phi) is 5.75. The van der Waals surface area contributed by atoms with E-state index in [0.29, 0.717) is 16.4 Å². The highest BCUT2D eigenvalue weighted by Gasteiger charge is 2.29. The molecule has 0 amide bonds. The van der Waals surface area contributed by atoms with Crippen molar-refractivity contribution in [1.29, 1.82) is 0 Å². The van der Waals surface area contributed by atoms with Gasteiger partial charge in [0, 0.05) is 23.4 Å². The number of halogens is 4. The first-order valence-corrected chi connectivity index (χ1v) is 9.77. The molecule has 0 bridgehead atoms. The number of nitrogens with zero attached hydrogens (tertiary/aromatic N) is 3. The summed E-state index contributed by atoms with van der Waals surface area (Å²) in [5, 5.41) is 11.4. The quantitative estimate of drug-likeness (QED) is 0.359. The molecule has 4 aromatic rings. The van der Waals surface area contributed by atoms with Crippen LogP contribution in [0.25, 0.3) is 16.8 Å². The number of aromatic nitrogens is 3. The van der Waals surface area contributed by atoms with Crippen LogP contribution in [-0.4, -0.2) is 27.3 Å². The first-order valence-electron chi connectivity index (χ1n) is 9.39. The van der Waals surface area contributed by atoms with Crippen LogP contribution in [0.4, 0.5) is 13.2 Å². The zero-order valence-corrected chi connectivity index (χ0v) is 17.1. The average Bonchev–Trinajstić information content (AvgIpc) is 2.76. The van der Waals surface area contributed by atoms with Gasteiger partial charge in [-0.05, 0) is 24.3 Å². The normalized spacial score (nSPS) is 11.6.